The zero-order valence-corrected chi connectivity index (χ0v) is 7.12. The van der Waals surface area contributed by atoms with Crippen molar-refractivity contribution in [2.24, 2.45) is 0 Å². The van der Waals surface area contributed by atoms with E-state index in [-0.39, 0.29) is 0 Å². The van der Waals surface area contributed by atoms with Gasteiger partial charge in [0.05, 0.1) is 5.35 Å². The molecule has 2 nitrogen and oxygen atoms in total. The van der Waals surface area contributed by atoms with Crippen molar-refractivity contribution in [1.82, 2.24) is 4.98 Å². The van der Waals surface area contributed by atoms with Gasteiger partial charge in [0.1, 0.15) is 5.82 Å². The number of anilines is 1. The smallest absolute Gasteiger partial charge is 0.124 e. The van der Waals surface area contributed by atoms with Gasteiger partial charge in [0.2, 0.25) is 0 Å². The molecule has 0 unspecified atom stereocenters. The third-order valence-corrected chi connectivity index (χ3v) is 1.55. The third-order valence-electron chi connectivity index (χ3n) is 1.55. The maximum atomic E-state index is 5.53. The second-order valence-electron chi connectivity index (χ2n) is 2.40. The lowest BCUT2D eigenvalue weighted by Crippen LogP contribution is -2.27. The second-order valence-corrected chi connectivity index (χ2v) is 2.40. The van der Waals surface area contributed by atoms with Crippen molar-refractivity contribution in [3.8, 4) is 0 Å². The summed E-state index contributed by atoms with van der Waals surface area (Å²) in [5.74, 6) is 0.546. The summed E-state index contributed by atoms with van der Waals surface area (Å²) >= 11 is 0. The maximum Gasteiger partial charge on any atom is 0.124 e. The fraction of sp³-hybridized carbons (Fsp3) is 0.100. The molecule has 0 radical (unpaired) electrons. The number of hydrogen-bond acceptors (Lipinski definition) is 2. The highest BCUT2D eigenvalue weighted by atomic mass is 14.8. The second kappa shape index (κ2) is 3.72. The van der Waals surface area contributed by atoms with Crippen LogP contribution in [0.5, 0.6) is 0 Å². The summed E-state index contributed by atoms with van der Waals surface area (Å²) in [5.41, 5.74) is 5.53. The summed E-state index contributed by atoms with van der Waals surface area (Å²) in [7, 11) is 0. The molecular formula is C10H12N2. The Morgan fingerprint density at radius 1 is 1.50 bits per heavy atom. The van der Waals surface area contributed by atoms with Crippen molar-refractivity contribution < 1.29 is 0 Å². The Kier molecular flexibility index (Phi) is 2.64. The minimum atomic E-state index is 0.546. The molecule has 0 saturated carbocycles. The van der Waals surface area contributed by atoms with E-state index in [2.05, 4.69) is 11.6 Å². The Hall–Kier alpha value is -1.57. The van der Waals surface area contributed by atoms with Crippen LogP contribution in [0.3, 0.4) is 0 Å². The van der Waals surface area contributed by atoms with Crippen LogP contribution in [0.15, 0.2) is 24.8 Å². The van der Waals surface area contributed by atoms with Crippen molar-refractivity contribution in [2.75, 3.05) is 5.73 Å². The number of allylic oxidation sites excluding steroid dienone is 1. The van der Waals surface area contributed by atoms with Crippen LogP contribution in [0.4, 0.5) is 5.82 Å². The van der Waals surface area contributed by atoms with Crippen molar-refractivity contribution in [2.45, 2.75) is 6.92 Å². The molecule has 0 bridgehead atoms. The monoisotopic (exact) mass is 160 g/mol. The van der Waals surface area contributed by atoms with E-state index in [1.807, 2.05) is 25.1 Å². The van der Waals surface area contributed by atoms with Gasteiger partial charge in [-0.15, -0.1) is 0 Å². The van der Waals surface area contributed by atoms with E-state index in [9.17, 15) is 0 Å². The van der Waals surface area contributed by atoms with E-state index in [4.69, 9.17) is 5.73 Å². The number of nitrogen functional groups attached to an aromatic ring is 1. The first-order chi connectivity index (χ1) is 5.77. The Morgan fingerprint density at radius 2 is 2.25 bits per heavy atom. The van der Waals surface area contributed by atoms with Gasteiger partial charge in [-0.05, 0) is 24.3 Å². The van der Waals surface area contributed by atoms with Crippen molar-refractivity contribution in [1.29, 1.82) is 0 Å². The first-order valence-electron chi connectivity index (χ1n) is 3.79. The maximum absolute atomic E-state index is 5.53. The number of hydrogen-bond donors (Lipinski definition) is 1. The molecule has 12 heavy (non-hydrogen) atoms. The van der Waals surface area contributed by atoms with Crippen LogP contribution in [0, 0.1) is 0 Å². The summed E-state index contributed by atoms with van der Waals surface area (Å²) in [6.07, 6.45) is 5.56. The highest BCUT2D eigenvalue weighted by molar-refractivity contribution is 5.39. The molecule has 0 fully saturated rings. The van der Waals surface area contributed by atoms with E-state index < -0.39 is 0 Å². The van der Waals surface area contributed by atoms with Crippen molar-refractivity contribution in [3.63, 3.8) is 0 Å². The summed E-state index contributed by atoms with van der Waals surface area (Å²) in [5, 5.41) is 1.94. The molecule has 0 atom stereocenters. The van der Waals surface area contributed by atoms with E-state index in [1.54, 1.807) is 12.1 Å². The van der Waals surface area contributed by atoms with Crippen LogP contribution in [0.25, 0.3) is 12.2 Å². The van der Waals surface area contributed by atoms with Gasteiger partial charge in [-0.3, -0.25) is 0 Å². The SMILES string of the molecule is C=C/C=c1/ccc(N)n/c1=C/C. The molecule has 2 N–H and O–H groups in total. The molecule has 1 heterocycles. The predicted octanol–water partition coefficient (Wildman–Crippen LogP) is 0.431. The molecule has 0 aliphatic carbocycles. The van der Waals surface area contributed by atoms with E-state index in [0.717, 1.165) is 10.6 Å². The number of rotatable bonds is 1. The fourth-order valence-electron chi connectivity index (χ4n) is 1.00. The molecule has 0 saturated heterocycles. The Morgan fingerprint density at radius 3 is 2.83 bits per heavy atom. The van der Waals surface area contributed by atoms with Gasteiger partial charge in [0, 0.05) is 0 Å². The lowest BCUT2D eigenvalue weighted by molar-refractivity contribution is 1.23. The summed E-state index contributed by atoms with van der Waals surface area (Å²) in [6.45, 7) is 5.56. The quantitative estimate of drug-likeness (QED) is 0.647. The highest BCUT2D eigenvalue weighted by Crippen LogP contribution is 1.84. The van der Waals surface area contributed by atoms with Gasteiger partial charge in [-0.2, -0.15) is 0 Å². The summed E-state index contributed by atoms with van der Waals surface area (Å²) in [6, 6.07) is 3.71. The lowest BCUT2D eigenvalue weighted by Gasteiger charge is -1.91. The van der Waals surface area contributed by atoms with E-state index >= 15 is 0 Å². The lowest BCUT2D eigenvalue weighted by atomic mass is 10.3. The molecule has 0 aliphatic rings. The zero-order chi connectivity index (χ0) is 8.97. The highest BCUT2D eigenvalue weighted by Gasteiger charge is 1.86. The number of nitrogens with zero attached hydrogens (tertiary/aromatic N) is 1. The molecule has 62 valence electrons. The van der Waals surface area contributed by atoms with Crippen molar-refractivity contribution >= 4 is 18.0 Å². The molecular weight excluding hydrogens is 148 g/mol. The van der Waals surface area contributed by atoms with Gasteiger partial charge in [-0.1, -0.05) is 24.8 Å². The van der Waals surface area contributed by atoms with E-state index in [0.29, 0.717) is 5.82 Å². The zero-order valence-electron chi connectivity index (χ0n) is 7.12. The molecule has 1 rings (SSSR count). The van der Waals surface area contributed by atoms with Gasteiger partial charge < -0.3 is 5.73 Å². The van der Waals surface area contributed by atoms with E-state index in [1.165, 1.54) is 0 Å². The van der Waals surface area contributed by atoms with Gasteiger partial charge in [-0.25, -0.2) is 4.98 Å². The average molecular weight is 160 g/mol. The normalized spacial score (nSPS) is 13.4. The van der Waals surface area contributed by atoms with Crippen LogP contribution in [-0.2, 0) is 0 Å². The summed E-state index contributed by atoms with van der Waals surface area (Å²) in [4.78, 5) is 4.15. The number of nitrogens with two attached hydrogens (primary N) is 1. The molecule has 0 aliphatic heterocycles. The van der Waals surface area contributed by atoms with Crippen LogP contribution in [-0.4, -0.2) is 4.98 Å². The molecule has 1 aromatic rings. The molecule has 1 aromatic heterocycles. The van der Waals surface area contributed by atoms with Gasteiger partial charge >= 0.3 is 0 Å². The topological polar surface area (TPSA) is 38.9 Å². The molecule has 0 spiro atoms. The van der Waals surface area contributed by atoms with Crippen LogP contribution in [0.2, 0.25) is 0 Å². The minimum Gasteiger partial charge on any atom is -0.384 e. The van der Waals surface area contributed by atoms with Crippen molar-refractivity contribution in [3.05, 3.63) is 35.4 Å². The standard InChI is InChI=1S/C10H12N2/c1-3-5-8-6-7-10(11)12-9(8)4-2/h3-7H,1H2,2H3,(H2,11,12)/b8-5-,9-4+. The largest absolute Gasteiger partial charge is 0.384 e. The molecule has 0 aromatic carbocycles. The van der Waals surface area contributed by atoms with Crippen LogP contribution < -0.4 is 16.3 Å². The van der Waals surface area contributed by atoms with Crippen LogP contribution >= 0.6 is 0 Å². The predicted molar refractivity (Wildman–Crippen MR) is 52.7 cm³/mol. The Labute approximate surface area is 71.7 Å². The fourth-order valence-corrected chi connectivity index (χ4v) is 1.00. The van der Waals surface area contributed by atoms with Crippen LogP contribution in [0.1, 0.15) is 6.92 Å². The summed E-state index contributed by atoms with van der Waals surface area (Å²) < 4.78 is 0. The van der Waals surface area contributed by atoms with Gasteiger partial charge in [0.15, 0.2) is 0 Å². The average Bonchev–Trinajstić information content (AvgIpc) is 2.08. The Balaban J connectivity index is 3.52. The van der Waals surface area contributed by atoms with Gasteiger partial charge in [0.25, 0.3) is 0 Å². The number of pyridine rings is 1. The Bertz CT molecular complexity index is 391. The first kappa shape index (κ1) is 8.53. The number of aromatic nitrogens is 1. The first-order valence-corrected chi connectivity index (χ1v) is 3.79. The minimum absolute atomic E-state index is 0.546. The third kappa shape index (κ3) is 1.72. The molecule has 2 heteroatoms. The molecule has 0 amide bonds.